The molecule has 0 bridgehead atoms. The molecule has 3 aromatic carbocycles. The Hall–Kier alpha value is -6.06. The van der Waals surface area contributed by atoms with Crippen LogP contribution < -0.4 is 20.7 Å². The number of aliphatic hydroxyl groups excluding tert-OH is 1. The minimum Gasteiger partial charge on any atom is -0.491 e. The van der Waals surface area contributed by atoms with E-state index in [9.17, 15) is 29.1 Å². The number of hydrogen-bond donors (Lipinski definition) is 5. The second kappa shape index (κ2) is 23.4. The van der Waals surface area contributed by atoms with Crippen molar-refractivity contribution in [2.75, 3.05) is 13.2 Å². The molecule has 5 atom stereocenters. The van der Waals surface area contributed by atoms with Gasteiger partial charge in [0.1, 0.15) is 31.0 Å². The Bertz CT molecular complexity index is 2090. The summed E-state index contributed by atoms with van der Waals surface area (Å²) in [7, 11) is 0. The van der Waals surface area contributed by atoms with E-state index in [0.29, 0.717) is 30.0 Å². The number of imidazole rings is 1. The minimum atomic E-state index is -1.17. The second-order valence-electron chi connectivity index (χ2n) is 16.9. The Morgan fingerprint density at radius 2 is 1.60 bits per heavy atom. The molecule has 1 aliphatic heterocycles. The molecule has 15 heteroatoms. The molecular weight excluding hydrogens is 805 g/mol. The number of ether oxygens (including phenoxy) is 2. The Balaban J connectivity index is 0.00000748. The third-order valence-electron chi connectivity index (χ3n) is 11.6. The predicted molar refractivity (Wildman–Crippen MR) is 236 cm³/mol. The molecule has 7 N–H and O–H groups in total. The molecular formula is C48H62N6O9. The van der Waals surface area contributed by atoms with Gasteiger partial charge in [0, 0.05) is 38.1 Å². The van der Waals surface area contributed by atoms with Crippen LogP contribution in [0.2, 0.25) is 0 Å². The van der Waals surface area contributed by atoms with E-state index in [2.05, 4.69) is 25.9 Å². The molecule has 1 aromatic heterocycles. The number of carbonyl (C=O) groups excluding carboxylic acids is 5. The quantitative estimate of drug-likeness (QED) is 0.0786. The number of rotatable bonds is 20. The van der Waals surface area contributed by atoms with Gasteiger partial charge in [-0.15, -0.1) is 0 Å². The molecule has 1 fully saturated rings. The van der Waals surface area contributed by atoms with Crippen LogP contribution >= 0.6 is 0 Å². The molecule has 6 rings (SSSR count). The number of benzene rings is 3. The molecule has 0 spiro atoms. The van der Waals surface area contributed by atoms with E-state index in [1.54, 1.807) is 24.4 Å². The van der Waals surface area contributed by atoms with Crippen molar-refractivity contribution in [3.8, 4) is 5.75 Å². The van der Waals surface area contributed by atoms with Gasteiger partial charge in [-0.25, -0.2) is 9.78 Å². The van der Waals surface area contributed by atoms with Crippen LogP contribution in [0.15, 0.2) is 91.4 Å². The molecule has 1 aliphatic carbocycles. The highest BCUT2D eigenvalue weighted by Crippen LogP contribution is 2.39. The highest BCUT2D eigenvalue weighted by atomic mass is 16.5. The molecule has 63 heavy (non-hydrogen) atoms. The van der Waals surface area contributed by atoms with Crippen LogP contribution in [0.5, 0.6) is 5.75 Å². The lowest BCUT2D eigenvalue weighted by atomic mass is 9.83. The highest BCUT2D eigenvalue weighted by molar-refractivity contribution is 5.93. The van der Waals surface area contributed by atoms with E-state index in [1.165, 1.54) is 18.2 Å². The van der Waals surface area contributed by atoms with Gasteiger partial charge in [0.2, 0.25) is 23.6 Å². The average Bonchev–Trinajstić information content (AvgIpc) is 3.95. The summed E-state index contributed by atoms with van der Waals surface area (Å²) in [5.74, 6) is -1.47. The van der Waals surface area contributed by atoms with Gasteiger partial charge in [0.25, 0.3) is 0 Å². The number of H-pyrrole nitrogens is 1. The van der Waals surface area contributed by atoms with Crippen LogP contribution in [0.25, 0.3) is 0 Å². The average molecular weight is 867 g/mol. The predicted octanol–water partition coefficient (Wildman–Crippen LogP) is 4.54. The summed E-state index contributed by atoms with van der Waals surface area (Å²) < 4.78 is 11.7. The summed E-state index contributed by atoms with van der Waals surface area (Å²) in [4.78, 5) is 78.1. The number of nitrogens with one attached hydrogen (secondary N) is 4. The molecule has 3 unspecified atom stereocenters. The molecule has 338 valence electrons. The van der Waals surface area contributed by atoms with Gasteiger partial charge >= 0.3 is 5.97 Å². The molecule has 15 nitrogen and oxygen atoms in total. The van der Waals surface area contributed by atoms with Gasteiger partial charge in [-0.05, 0) is 47.6 Å². The Kier molecular flexibility index (Phi) is 17.8. The SMILES string of the molecule is CC(=O)N(C1COc2ccc(C(=O)OCc3ccccc3)cc21)[C@@H](Cc1ccccc1)C(=O)N[C@@H](Cc1c[nH]cn1)C(=O)NC(CC1CCCCC1)C(O)CC(=O)NCC(C)C.O. The first-order valence-electron chi connectivity index (χ1n) is 21.8. The van der Waals surface area contributed by atoms with E-state index < -0.39 is 54.0 Å². The van der Waals surface area contributed by atoms with Gasteiger partial charge in [-0.2, -0.15) is 0 Å². The van der Waals surface area contributed by atoms with Gasteiger partial charge < -0.3 is 45.9 Å². The lowest BCUT2D eigenvalue weighted by Gasteiger charge is -2.36. The van der Waals surface area contributed by atoms with E-state index in [4.69, 9.17) is 9.47 Å². The number of esters is 1. The first-order chi connectivity index (χ1) is 29.9. The van der Waals surface area contributed by atoms with Crippen molar-refractivity contribution in [1.82, 2.24) is 30.8 Å². The summed E-state index contributed by atoms with van der Waals surface area (Å²) in [6, 6.07) is 19.7. The molecule has 4 aromatic rings. The summed E-state index contributed by atoms with van der Waals surface area (Å²) >= 11 is 0. The van der Waals surface area contributed by atoms with E-state index in [0.717, 1.165) is 43.2 Å². The van der Waals surface area contributed by atoms with Gasteiger partial charge in [0.15, 0.2) is 0 Å². The summed E-state index contributed by atoms with van der Waals surface area (Å²) in [5.41, 5.74) is 2.93. The Morgan fingerprint density at radius 3 is 2.25 bits per heavy atom. The number of carbonyl (C=O) groups is 5. The zero-order valence-corrected chi connectivity index (χ0v) is 36.4. The second-order valence-corrected chi connectivity index (χ2v) is 16.9. The molecule has 4 amide bonds. The zero-order chi connectivity index (χ0) is 44.0. The van der Waals surface area contributed by atoms with Gasteiger partial charge in [-0.1, -0.05) is 107 Å². The lowest BCUT2D eigenvalue weighted by molar-refractivity contribution is -0.143. The van der Waals surface area contributed by atoms with Crippen LogP contribution in [-0.2, 0) is 43.4 Å². The van der Waals surface area contributed by atoms with Gasteiger partial charge in [0.05, 0.1) is 42.2 Å². The van der Waals surface area contributed by atoms with Crippen molar-refractivity contribution in [1.29, 1.82) is 0 Å². The summed E-state index contributed by atoms with van der Waals surface area (Å²) in [6.07, 6.45) is 7.50. The van der Waals surface area contributed by atoms with Crippen molar-refractivity contribution in [2.45, 2.75) is 115 Å². The fourth-order valence-electron chi connectivity index (χ4n) is 8.36. The number of aliphatic hydroxyl groups is 1. The number of aromatic nitrogens is 2. The van der Waals surface area contributed by atoms with Gasteiger partial charge in [-0.3, -0.25) is 19.2 Å². The molecule has 2 aliphatic rings. The largest absolute Gasteiger partial charge is 0.491 e. The number of hydrogen-bond acceptors (Lipinski definition) is 9. The maximum Gasteiger partial charge on any atom is 0.338 e. The summed E-state index contributed by atoms with van der Waals surface area (Å²) in [6.45, 7) is 5.92. The first-order valence-corrected chi connectivity index (χ1v) is 21.8. The molecule has 0 radical (unpaired) electrons. The number of nitrogens with zero attached hydrogens (tertiary/aromatic N) is 2. The van der Waals surface area contributed by atoms with Crippen molar-refractivity contribution in [3.05, 3.63) is 119 Å². The fourth-order valence-corrected chi connectivity index (χ4v) is 8.36. The maximum atomic E-state index is 14.9. The normalized spacial score (nSPS) is 16.6. The van der Waals surface area contributed by atoms with Crippen LogP contribution in [0.4, 0.5) is 0 Å². The molecule has 2 heterocycles. The third-order valence-corrected chi connectivity index (χ3v) is 11.6. The minimum absolute atomic E-state index is 0. The van der Waals surface area contributed by atoms with E-state index in [-0.39, 0.29) is 61.3 Å². The van der Waals surface area contributed by atoms with Crippen molar-refractivity contribution in [2.24, 2.45) is 11.8 Å². The Labute approximate surface area is 369 Å². The Morgan fingerprint density at radius 1 is 0.905 bits per heavy atom. The topological polar surface area (TPSA) is 224 Å². The van der Waals surface area contributed by atoms with Crippen LogP contribution in [0.1, 0.15) is 105 Å². The fraction of sp³-hybridized carbons (Fsp3) is 0.458. The first kappa shape index (κ1) is 48.0. The standard InChI is InChI=1S/C48H60N6O8.H2O/c1-31(2)26-50-45(57)25-43(56)39(21-33-13-7-4-8-14-33)52-46(58)40(24-37-27-49-30-51-37)53-47(59)41(22-34-15-9-5-10-16-34)54(32(3)55)42-29-61-44-20-19-36(23-38(42)44)48(60)62-28-35-17-11-6-12-18-35;/h5-6,9-12,15-20,23,27,30-31,33,39-43,56H,4,7-8,13-14,21-22,24-26,28-29H2,1-3H3,(H,49,51)(H,50,57)(H,52,58)(H,53,59);1H2/t39?,40-,41-,42?,43?;/m0./s1. The van der Waals surface area contributed by atoms with Crippen LogP contribution in [0, 0.1) is 11.8 Å². The number of aromatic amines is 1. The number of amides is 4. The number of fused-ring (bicyclic) bond motifs is 1. The smallest absolute Gasteiger partial charge is 0.338 e. The molecule has 1 saturated carbocycles. The molecule has 0 saturated heterocycles. The summed E-state index contributed by atoms with van der Waals surface area (Å²) in [5, 5.41) is 20.4. The van der Waals surface area contributed by atoms with Crippen molar-refractivity contribution >= 4 is 29.6 Å². The van der Waals surface area contributed by atoms with Crippen molar-refractivity contribution in [3.63, 3.8) is 0 Å². The zero-order valence-electron chi connectivity index (χ0n) is 36.4. The van der Waals surface area contributed by atoms with Crippen LogP contribution in [-0.4, -0.2) is 92.4 Å². The maximum absolute atomic E-state index is 14.9. The van der Waals surface area contributed by atoms with E-state index in [1.807, 2.05) is 74.5 Å². The van der Waals surface area contributed by atoms with Crippen molar-refractivity contribution < 1.29 is 44.0 Å². The van der Waals surface area contributed by atoms with E-state index >= 15 is 0 Å². The monoisotopic (exact) mass is 866 g/mol. The lowest BCUT2D eigenvalue weighted by Crippen LogP contribution is -2.58. The van der Waals surface area contributed by atoms with Crippen LogP contribution in [0.3, 0.4) is 0 Å². The highest BCUT2D eigenvalue weighted by Gasteiger charge is 2.41. The third kappa shape index (κ3) is 13.7.